The molecular weight excluding hydrogens is 144 g/mol. The summed E-state index contributed by atoms with van der Waals surface area (Å²) >= 11 is 1.78. The molecule has 2 heteroatoms. The van der Waals surface area contributed by atoms with Crippen molar-refractivity contribution in [2.45, 2.75) is 24.0 Å². The zero-order chi connectivity index (χ0) is 7.45. The Kier molecular flexibility index (Phi) is 2.55. The summed E-state index contributed by atoms with van der Waals surface area (Å²) in [5, 5.41) is 0. The molecule has 10 heavy (non-hydrogen) atoms. The quantitative estimate of drug-likeness (QED) is 0.459. The Labute approximate surface area is 65.9 Å². The van der Waals surface area contributed by atoms with Gasteiger partial charge in [0.15, 0.2) is 0 Å². The molecule has 1 heterocycles. The van der Waals surface area contributed by atoms with Crippen molar-refractivity contribution in [3.05, 3.63) is 12.7 Å². The molecule has 1 aliphatic heterocycles. The number of carbonyl (C=O) groups is 1. The summed E-state index contributed by atoms with van der Waals surface area (Å²) in [7, 11) is 0. The third-order valence-corrected chi connectivity index (χ3v) is 3.37. The van der Waals surface area contributed by atoms with Crippen LogP contribution in [0.25, 0.3) is 0 Å². The van der Waals surface area contributed by atoms with E-state index in [1.807, 2.05) is 6.08 Å². The van der Waals surface area contributed by atoms with E-state index in [9.17, 15) is 4.79 Å². The minimum atomic E-state index is -0.0955. The van der Waals surface area contributed by atoms with Gasteiger partial charge in [-0.15, -0.1) is 18.3 Å². The first-order valence-electron chi connectivity index (χ1n) is 3.54. The maximum atomic E-state index is 10.7. The molecule has 0 spiro atoms. The van der Waals surface area contributed by atoms with E-state index in [1.165, 1.54) is 6.42 Å². The fraction of sp³-hybridized carbons (Fsp3) is 0.625. The number of carbonyl (C=O) groups excluding carboxylic acids is 1. The van der Waals surface area contributed by atoms with E-state index < -0.39 is 0 Å². The highest BCUT2D eigenvalue weighted by atomic mass is 32.2. The van der Waals surface area contributed by atoms with Crippen LogP contribution in [0.4, 0.5) is 0 Å². The predicted molar refractivity (Wildman–Crippen MR) is 45.3 cm³/mol. The number of hydrogen-bond acceptors (Lipinski definition) is 2. The number of thioether (sulfide) groups is 1. The summed E-state index contributed by atoms with van der Waals surface area (Å²) in [6.45, 7) is 3.64. The average Bonchev–Trinajstić information content (AvgIpc) is 2.39. The van der Waals surface area contributed by atoms with E-state index in [-0.39, 0.29) is 4.75 Å². The lowest BCUT2D eigenvalue weighted by Crippen LogP contribution is -2.21. The Balaban J connectivity index is 2.57. The molecule has 0 saturated carbocycles. The molecule has 1 saturated heterocycles. The summed E-state index contributed by atoms with van der Waals surface area (Å²) in [4.78, 5) is 10.7. The summed E-state index contributed by atoms with van der Waals surface area (Å²) in [6.07, 6.45) is 5.98. The van der Waals surface area contributed by atoms with Crippen molar-refractivity contribution in [1.29, 1.82) is 0 Å². The van der Waals surface area contributed by atoms with Crippen LogP contribution in [0.2, 0.25) is 0 Å². The number of allylic oxidation sites excluding steroid dienone is 1. The molecule has 1 aliphatic rings. The minimum absolute atomic E-state index is 0.0955. The Morgan fingerprint density at radius 2 is 2.50 bits per heavy atom. The first-order valence-corrected chi connectivity index (χ1v) is 4.53. The average molecular weight is 156 g/mol. The molecule has 1 fully saturated rings. The van der Waals surface area contributed by atoms with Gasteiger partial charge in [-0.2, -0.15) is 0 Å². The van der Waals surface area contributed by atoms with Crippen molar-refractivity contribution in [2.75, 3.05) is 5.75 Å². The van der Waals surface area contributed by atoms with Gasteiger partial charge in [-0.1, -0.05) is 6.08 Å². The zero-order valence-electron chi connectivity index (χ0n) is 6.01. The van der Waals surface area contributed by atoms with Crippen LogP contribution in [0, 0.1) is 0 Å². The molecule has 1 nitrogen and oxygen atoms in total. The fourth-order valence-corrected chi connectivity index (χ4v) is 2.55. The summed E-state index contributed by atoms with van der Waals surface area (Å²) in [5.41, 5.74) is 0. The summed E-state index contributed by atoms with van der Waals surface area (Å²) < 4.78 is -0.0955. The van der Waals surface area contributed by atoms with Gasteiger partial charge in [0.2, 0.25) is 0 Å². The summed E-state index contributed by atoms with van der Waals surface area (Å²) in [5.74, 6) is 1.13. The third-order valence-electron chi connectivity index (χ3n) is 1.84. The molecule has 0 bridgehead atoms. The van der Waals surface area contributed by atoms with Crippen LogP contribution < -0.4 is 0 Å². The summed E-state index contributed by atoms with van der Waals surface area (Å²) in [6, 6.07) is 0. The van der Waals surface area contributed by atoms with Crippen LogP contribution in [-0.2, 0) is 4.79 Å². The molecule has 56 valence electrons. The highest BCUT2D eigenvalue weighted by Crippen LogP contribution is 2.39. The van der Waals surface area contributed by atoms with Crippen LogP contribution in [0.15, 0.2) is 12.7 Å². The topological polar surface area (TPSA) is 17.1 Å². The van der Waals surface area contributed by atoms with Gasteiger partial charge in [0.25, 0.3) is 0 Å². The van der Waals surface area contributed by atoms with Crippen molar-refractivity contribution >= 4 is 18.0 Å². The molecule has 1 atom stereocenters. The molecule has 0 aromatic heterocycles. The molecule has 0 N–H and O–H groups in total. The van der Waals surface area contributed by atoms with Crippen molar-refractivity contribution in [1.82, 2.24) is 0 Å². The van der Waals surface area contributed by atoms with Crippen molar-refractivity contribution < 1.29 is 4.79 Å². The lowest BCUT2D eigenvalue weighted by Gasteiger charge is -2.17. The Hall–Kier alpha value is -0.240. The minimum Gasteiger partial charge on any atom is -0.302 e. The Bertz CT molecular complexity index is 136. The maximum absolute atomic E-state index is 10.7. The van der Waals surface area contributed by atoms with Gasteiger partial charge in [-0.3, -0.25) is 0 Å². The molecule has 0 amide bonds. The second-order valence-corrected chi connectivity index (χ2v) is 4.14. The second kappa shape index (κ2) is 3.24. The molecule has 0 aromatic rings. The smallest absolute Gasteiger partial charge is 0.136 e. The van der Waals surface area contributed by atoms with Gasteiger partial charge < -0.3 is 4.79 Å². The Morgan fingerprint density at radius 3 is 2.90 bits per heavy atom. The number of rotatable bonds is 3. The molecule has 1 rings (SSSR count). The predicted octanol–water partition coefficient (Wildman–Crippen LogP) is 2.03. The van der Waals surface area contributed by atoms with E-state index in [1.54, 1.807) is 11.8 Å². The van der Waals surface area contributed by atoms with Crippen LogP contribution >= 0.6 is 11.8 Å². The van der Waals surface area contributed by atoms with Gasteiger partial charge in [0.1, 0.15) is 6.29 Å². The van der Waals surface area contributed by atoms with E-state index in [4.69, 9.17) is 0 Å². The highest BCUT2D eigenvalue weighted by molar-refractivity contribution is 8.01. The fourth-order valence-electron chi connectivity index (χ4n) is 1.27. The molecule has 0 radical (unpaired) electrons. The van der Waals surface area contributed by atoms with E-state index >= 15 is 0 Å². The van der Waals surface area contributed by atoms with Gasteiger partial charge in [0.05, 0.1) is 4.75 Å². The molecule has 0 aliphatic carbocycles. The first kappa shape index (κ1) is 7.86. The van der Waals surface area contributed by atoms with Gasteiger partial charge in [-0.05, 0) is 25.0 Å². The SMILES string of the molecule is C=CCC1(C=O)CCCS1. The monoisotopic (exact) mass is 156 g/mol. The lowest BCUT2D eigenvalue weighted by atomic mass is 10.0. The largest absolute Gasteiger partial charge is 0.302 e. The number of hydrogen-bond donors (Lipinski definition) is 0. The van der Waals surface area contributed by atoms with E-state index in [2.05, 4.69) is 6.58 Å². The second-order valence-electron chi connectivity index (χ2n) is 2.63. The number of aldehydes is 1. The first-order chi connectivity index (χ1) is 4.83. The maximum Gasteiger partial charge on any atom is 0.136 e. The van der Waals surface area contributed by atoms with Crippen LogP contribution in [0.3, 0.4) is 0 Å². The standard InChI is InChI=1S/C8H12OS/c1-2-4-8(7-9)5-3-6-10-8/h2,7H,1,3-6H2. The molecular formula is C8H12OS. The Morgan fingerprint density at radius 1 is 1.70 bits per heavy atom. The zero-order valence-corrected chi connectivity index (χ0v) is 6.82. The van der Waals surface area contributed by atoms with Crippen molar-refractivity contribution in [2.24, 2.45) is 0 Å². The van der Waals surface area contributed by atoms with Crippen molar-refractivity contribution in [3.63, 3.8) is 0 Å². The highest BCUT2D eigenvalue weighted by Gasteiger charge is 2.32. The normalized spacial score (nSPS) is 32.0. The lowest BCUT2D eigenvalue weighted by molar-refractivity contribution is -0.109. The van der Waals surface area contributed by atoms with Gasteiger partial charge >= 0.3 is 0 Å². The molecule has 0 aromatic carbocycles. The van der Waals surface area contributed by atoms with E-state index in [0.29, 0.717) is 0 Å². The third kappa shape index (κ3) is 1.43. The van der Waals surface area contributed by atoms with Crippen LogP contribution in [0.1, 0.15) is 19.3 Å². The van der Waals surface area contributed by atoms with E-state index in [0.717, 1.165) is 24.9 Å². The van der Waals surface area contributed by atoms with Gasteiger partial charge in [0, 0.05) is 0 Å². The van der Waals surface area contributed by atoms with Crippen molar-refractivity contribution in [3.8, 4) is 0 Å². The molecule has 1 unspecified atom stereocenters. The van der Waals surface area contributed by atoms with Crippen LogP contribution in [-0.4, -0.2) is 16.8 Å². The van der Waals surface area contributed by atoms with Gasteiger partial charge in [-0.25, -0.2) is 0 Å². The van der Waals surface area contributed by atoms with Crippen LogP contribution in [0.5, 0.6) is 0 Å².